The molecule has 0 radical (unpaired) electrons. The average Bonchev–Trinajstić information content (AvgIpc) is 2.80. The lowest BCUT2D eigenvalue weighted by atomic mass is 9.87. The number of aliphatic hydroxyl groups is 1. The molecular formula is C12H18ClN3O. The SMILES string of the molecule is Cc1cnc(Cl)nc1NCC1(CO)CCCC1. The van der Waals surface area contributed by atoms with Gasteiger partial charge in [-0.15, -0.1) is 0 Å². The van der Waals surface area contributed by atoms with Crippen LogP contribution in [0.25, 0.3) is 0 Å². The lowest BCUT2D eigenvalue weighted by Gasteiger charge is -2.27. The highest BCUT2D eigenvalue weighted by molar-refractivity contribution is 6.28. The number of hydrogen-bond acceptors (Lipinski definition) is 4. The van der Waals surface area contributed by atoms with Crippen LogP contribution in [0.3, 0.4) is 0 Å². The molecule has 2 rings (SSSR count). The topological polar surface area (TPSA) is 58.0 Å². The van der Waals surface area contributed by atoms with Gasteiger partial charge in [0.2, 0.25) is 5.28 Å². The molecule has 0 atom stereocenters. The maximum Gasteiger partial charge on any atom is 0.224 e. The van der Waals surface area contributed by atoms with Crippen molar-refractivity contribution in [2.45, 2.75) is 32.6 Å². The van der Waals surface area contributed by atoms with E-state index in [-0.39, 0.29) is 17.3 Å². The molecule has 0 aliphatic heterocycles. The Morgan fingerprint density at radius 2 is 2.18 bits per heavy atom. The number of halogens is 1. The summed E-state index contributed by atoms with van der Waals surface area (Å²) in [6.07, 6.45) is 6.26. The smallest absolute Gasteiger partial charge is 0.224 e. The molecular weight excluding hydrogens is 238 g/mol. The van der Waals surface area contributed by atoms with E-state index in [2.05, 4.69) is 15.3 Å². The summed E-state index contributed by atoms with van der Waals surface area (Å²) in [6.45, 7) is 2.93. The molecule has 1 aromatic heterocycles. The van der Waals surface area contributed by atoms with E-state index in [1.165, 1.54) is 12.8 Å². The predicted molar refractivity (Wildman–Crippen MR) is 68.3 cm³/mol. The summed E-state index contributed by atoms with van der Waals surface area (Å²) in [5.41, 5.74) is 0.990. The van der Waals surface area contributed by atoms with Gasteiger partial charge in [-0.2, -0.15) is 0 Å². The number of anilines is 1. The summed E-state index contributed by atoms with van der Waals surface area (Å²) in [5, 5.41) is 13.1. The zero-order valence-corrected chi connectivity index (χ0v) is 10.8. The number of aliphatic hydroxyl groups excluding tert-OH is 1. The fraction of sp³-hybridized carbons (Fsp3) is 0.667. The number of aryl methyl sites for hydroxylation is 1. The predicted octanol–water partition coefficient (Wildman–Crippen LogP) is 2.40. The lowest BCUT2D eigenvalue weighted by Crippen LogP contribution is -2.31. The first-order valence-corrected chi connectivity index (χ1v) is 6.37. The Labute approximate surface area is 106 Å². The van der Waals surface area contributed by atoms with Gasteiger partial charge in [0.15, 0.2) is 0 Å². The van der Waals surface area contributed by atoms with Crippen LogP contribution in [0.5, 0.6) is 0 Å². The van der Waals surface area contributed by atoms with Crippen LogP contribution >= 0.6 is 11.6 Å². The van der Waals surface area contributed by atoms with E-state index in [9.17, 15) is 5.11 Å². The quantitative estimate of drug-likeness (QED) is 0.812. The molecule has 1 aliphatic rings. The van der Waals surface area contributed by atoms with Crippen LogP contribution in [-0.2, 0) is 0 Å². The Kier molecular flexibility index (Phi) is 3.84. The van der Waals surface area contributed by atoms with E-state index in [1.54, 1.807) is 6.20 Å². The summed E-state index contributed by atoms with van der Waals surface area (Å²) < 4.78 is 0. The first-order valence-electron chi connectivity index (χ1n) is 5.99. The van der Waals surface area contributed by atoms with Crippen LogP contribution < -0.4 is 5.32 Å². The van der Waals surface area contributed by atoms with E-state index in [0.717, 1.165) is 30.8 Å². The zero-order chi connectivity index (χ0) is 12.3. The Morgan fingerprint density at radius 3 is 2.82 bits per heavy atom. The molecule has 0 bridgehead atoms. The summed E-state index contributed by atoms with van der Waals surface area (Å²) in [4.78, 5) is 8.08. The molecule has 17 heavy (non-hydrogen) atoms. The van der Waals surface area contributed by atoms with Gasteiger partial charge in [0.25, 0.3) is 0 Å². The molecule has 0 spiro atoms. The van der Waals surface area contributed by atoms with E-state index < -0.39 is 0 Å². The summed E-state index contributed by atoms with van der Waals surface area (Å²) >= 11 is 5.77. The van der Waals surface area contributed by atoms with Crippen molar-refractivity contribution in [1.82, 2.24) is 9.97 Å². The molecule has 0 saturated heterocycles. The molecule has 0 amide bonds. The van der Waals surface area contributed by atoms with Gasteiger partial charge in [-0.05, 0) is 31.4 Å². The average molecular weight is 256 g/mol. The van der Waals surface area contributed by atoms with E-state index >= 15 is 0 Å². The van der Waals surface area contributed by atoms with Gasteiger partial charge < -0.3 is 10.4 Å². The van der Waals surface area contributed by atoms with Crippen molar-refractivity contribution in [2.24, 2.45) is 5.41 Å². The standard InChI is InChI=1S/C12H18ClN3O/c1-9-6-14-11(13)16-10(9)15-7-12(8-17)4-2-3-5-12/h6,17H,2-5,7-8H2,1H3,(H,14,15,16). The van der Waals surface area contributed by atoms with Crippen molar-refractivity contribution >= 4 is 17.4 Å². The van der Waals surface area contributed by atoms with Crippen LogP contribution in [0.4, 0.5) is 5.82 Å². The number of rotatable bonds is 4. The molecule has 2 N–H and O–H groups in total. The Hall–Kier alpha value is -0.870. The summed E-state index contributed by atoms with van der Waals surface area (Å²) in [7, 11) is 0. The normalized spacial score (nSPS) is 18.3. The van der Waals surface area contributed by atoms with E-state index in [1.807, 2.05) is 6.92 Å². The minimum Gasteiger partial charge on any atom is -0.396 e. The molecule has 1 aliphatic carbocycles. The van der Waals surface area contributed by atoms with Crippen LogP contribution in [0.1, 0.15) is 31.2 Å². The highest BCUT2D eigenvalue weighted by Crippen LogP contribution is 2.37. The minimum absolute atomic E-state index is 0.0177. The van der Waals surface area contributed by atoms with Gasteiger partial charge >= 0.3 is 0 Å². The second kappa shape index (κ2) is 5.19. The van der Waals surface area contributed by atoms with Crippen molar-refractivity contribution in [1.29, 1.82) is 0 Å². The van der Waals surface area contributed by atoms with Gasteiger partial charge in [0, 0.05) is 23.7 Å². The largest absolute Gasteiger partial charge is 0.396 e. The molecule has 5 heteroatoms. The number of nitrogens with one attached hydrogen (secondary N) is 1. The Bertz CT molecular complexity index is 391. The second-order valence-electron chi connectivity index (χ2n) is 4.89. The first kappa shape index (κ1) is 12.6. The Morgan fingerprint density at radius 1 is 1.47 bits per heavy atom. The fourth-order valence-corrected chi connectivity index (χ4v) is 2.52. The van der Waals surface area contributed by atoms with Crippen LogP contribution in [0.2, 0.25) is 5.28 Å². The van der Waals surface area contributed by atoms with Gasteiger partial charge in [0.1, 0.15) is 5.82 Å². The highest BCUT2D eigenvalue weighted by Gasteiger charge is 2.33. The Balaban J connectivity index is 2.03. The van der Waals surface area contributed by atoms with E-state index in [4.69, 9.17) is 11.6 Å². The lowest BCUT2D eigenvalue weighted by molar-refractivity contribution is 0.142. The highest BCUT2D eigenvalue weighted by atomic mass is 35.5. The summed E-state index contributed by atoms with van der Waals surface area (Å²) in [5.74, 6) is 0.768. The van der Waals surface area contributed by atoms with Crippen molar-refractivity contribution in [3.05, 3.63) is 17.0 Å². The monoisotopic (exact) mass is 255 g/mol. The number of hydrogen-bond donors (Lipinski definition) is 2. The van der Waals surface area contributed by atoms with Crippen molar-refractivity contribution < 1.29 is 5.11 Å². The van der Waals surface area contributed by atoms with Gasteiger partial charge in [-0.3, -0.25) is 0 Å². The van der Waals surface area contributed by atoms with Crippen molar-refractivity contribution in [3.8, 4) is 0 Å². The number of nitrogens with zero attached hydrogens (tertiary/aromatic N) is 2. The zero-order valence-electron chi connectivity index (χ0n) is 10.0. The third-order valence-corrected chi connectivity index (χ3v) is 3.75. The van der Waals surface area contributed by atoms with Gasteiger partial charge in [0.05, 0.1) is 6.61 Å². The maximum absolute atomic E-state index is 9.52. The molecule has 1 saturated carbocycles. The van der Waals surface area contributed by atoms with Crippen LogP contribution in [-0.4, -0.2) is 28.2 Å². The van der Waals surface area contributed by atoms with E-state index in [0.29, 0.717) is 0 Å². The molecule has 1 heterocycles. The molecule has 0 aromatic carbocycles. The molecule has 1 aromatic rings. The molecule has 0 unspecified atom stereocenters. The van der Waals surface area contributed by atoms with Crippen molar-refractivity contribution in [2.75, 3.05) is 18.5 Å². The third-order valence-electron chi connectivity index (χ3n) is 3.57. The van der Waals surface area contributed by atoms with Crippen LogP contribution in [0, 0.1) is 12.3 Å². The molecule has 94 valence electrons. The third kappa shape index (κ3) is 2.87. The fourth-order valence-electron chi connectivity index (χ4n) is 2.39. The number of aromatic nitrogens is 2. The maximum atomic E-state index is 9.52. The first-order chi connectivity index (χ1) is 8.15. The molecule has 4 nitrogen and oxygen atoms in total. The molecule has 1 fully saturated rings. The second-order valence-corrected chi connectivity index (χ2v) is 5.23. The van der Waals surface area contributed by atoms with Crippen LogP contribution in [0.15, 0.2) is 6.20 Å². The minimum atomic E-state index is 0.0177. The van der Waals surface area contributed by atoms with Crippen molar-refractivity contribution in [3.63, 3.8) is 0 Å². The summed E-state index contributed by atoms with van der Waals surface area (Å²) in [6, 6.07) is 0. The van der Waals surface area contributed by atoms with Gasteiger partial charge in [-0.1, -0.05) is 12.8 Å². The van der Waals surface area contributed by atoms with Gasteiger partial charge in [-0.25, -0.2) is 9.97 Å².